The van der Waals surface area contributed by atoms with Gasteiger partial charge in [-0.1, -0.05) is 0 Å². The molecule has 0 bridgehead atoms. The Hall–Kier alpha value is -2.30. The van der Waals surface area contributed by atoms with Crippen LogP contribution in [-0.2, 0) is 11.3 Å². The molecule has 1 aliphatic carbocycles. The van der Waals surface area contributed by atoms with Gasteiger partial charge in [0, 0.05) is 24.2 Å². The van der Waals surface area contributed by atoms with E-state index in [0.717, 1.165) is 18.4 Å². The van der Waals surface area contributed by atoms with Crippen LogP contribution in [0.15, 0.2) is 12.1 Å². The first-order chi connectivity index (χ1) is 12.5. The number of rotatable bonds is 5. The lowest BCUT2D eigenvalue weighted by molar-refractivity contribution is -0.124. The summed E-state index contributed by atoms with van der Waals surface area (Å²) in [5.74, 6) is 1.09. The van der Waals surface area contributed by atoms with E-state index in [1.165, 1.54) is 0 Å². The van der Waals surface area contributed by atoms with Gasteiger partial charge in [0.2, 0.25) is 5.91 Å². The molecule has 0 aromatic heterocycles. The molecular formula is C19H25N3O4. The molecule has 0 unspecified atom stereocenters. The quantitative estimate of drug-likeness (QED) is 0.827. The van der Waals surface area contributed by atoms with E-state index in [2.05, 4.69) is 11.4 Å². The second-order valence-electron chi connectivity index (χ2n) is 7.00. The summed E-state index contributed by atoms with van der Waals surface area (Å²) in [6.45, 7) is 0.920. The maximum absolute atomic E-state index is 12.5. The van der Waals surface area contributed by atoms with Crippen molar-refractivity contribution < 1.29 is 19.4 Å². The van der Waals surface area contributed by atoms with E-state index >= 15 is 0 Å². The summed E-state index contributed by atoms with van der Waals surface area (Å²) in [5.41, 5.74) is 0.812. The summed E-state index contributed by atoms with van der Waals surface area (Å²) in [7, 11) is 3.15. The first-order valence-corrected chi connectivity index (χ1v) is 8.88. The second kappa shape index (κ2) is 7.52. The average molecular weight is 359 g/mol. The van der Waals surface area contributed by atoms with Crippen molar-refractivity contribution in [3.63, 3.8) is 0 Å². The zero-order chi connectivity index (χ0) is 18.7. The summed E-state index contributed by atoms with van der Waals surface area (Å²) >= 11 is 0. The second-order valence-corrected chi connectivity index (χ2v) is 7.00. The molecule has 1 aromatic rings. The smallest absolute Gasteiger partial charge is 0.235 e. The number of β-amino-alcohol motifs (C(OH)–C–C–N with tert-alkyl or cyclic N) is 1. The molecule has 1 saturated carbocycles. The number of ether oxygens (including phenoxy) is 2. The molecule has 26 heavy (non-hydrogen) atoms. The number of benzene rings is 1. The van der Waals surface area contributed by atoms with Gasteiger partial charge in [0.25, 0.3) is 0 Å². The fourth-order valence-electron chi connectivity index (χ4n) is 4.02. The van der Waals surface area contributed by atoms with Gasteiger partial charge in [-0.3, -0.25) is 9.69 Å². The van der Waals surface area contributed by atoms with E-state index in [4.69, 9.17) is 9.47 Å². The molecule has 7 nitrogen and oxygen atoms in total. The zero-order valence-electron chi connectivity index (χ0n) is 15.2. The minimum atomic E-state index is -0.770. The maximum atomic E-state index is 12.5. The van der Waals surface area contributed by atoms with Gasteiger partial charge < -0.3 is 19.9 Å². The number of hydrogen-bond donors (Lipinski definition) is 2. The zero-order valence-corrected chi connectivity index (χ0v) is 15.2. The van der Waals surface area contributed by atoms with Crippen LogP contribution in [0.3, 0.4) is 0 Å². The van der Waals surface area contributed by atoms with Gasteiger partial charge in [0.15, 0.2) is 0 Å². The van der Waals surface area contributed by atoms with Crippen LogP contribution in [0.25, 0.3) is 0 Å². The molecule has 0 radical (unpaired) electrons. The van der Waals surface area contributed by atoms with Crippen molar-refractivity contribution >= 4 is 5.91 Å². The Balaban J connectivity index is 1.74. The molecule has 3 rings (SSSR count). The number of nitrogens with one attached hydrogen (secondary N) is 1. The lowest BCUT2D eigenvalue weighted by atomic mass is 9.95. The van der Waals surface area contributed by atoms with Crippen molar-refractivity contribution in [3.8, 4) is 17.6 Å². The number of methoxy groups -OCH3 is 2. The first-order valence-electron chi connectivity index (χ1n) is 8.88. The van der Waals surface area contributed by atoms with E-state index in [1.54, 1.807) is 26.4 Å². The molecule has 2 N–H and O–H groups in total. The molecule has 7 heteroatoms. The molecule has 0 spiro atoms. The molecule has 0 saturated heterocycles. The summed E-state index contributed by atoms with van der Waals surface area (Å²) in [6, 6.07) is 5.85. The highest BCUT2D eigenvalue weighted by Crippen LogP contribution is 2.39. The van der Waals surface area contributed by atoms with Gasteiger partial charge in [-0.05, 0) is 37.8 Å². The predicted octanol–water partition coefficient (Wildman–Crippen LogP) is 1.51. The van der Waals surface area contributed by atoms with Gasteiger partial charge in [-0.2, -0.15) is 5.26 Å². The maximum Gasteiger partial charge on any atom is 0.235 e. The number of nitrogens with zero attached hydrogens (tertiary/aromatic N) is 2. The highest BCUT2D eigenvalue weighted by atomic mass is 16.5. The van der Waals surface area contributed by atoms with Crippen molar-refractivity contribution in [1.82, 2.24) is 10.2 Å². The molecule has 1 atom stereocenters. The number of nitriles is 1. The SMILES string of the molecule is COc1ccc(OC)c2c1CN(CC(=O)NC1(C#N)CCCC1)C[C@@H]2O. The lowest BCUT2D eigenvalue weighted by Crippen LogP contribution is -2.50. The van der Waals surface area contributed by atoms with Crippen LogP contribution in [0.4, 0.5) is 0 Å². The Labute approximate surface area is 153 Å². The van der Waals surface area contributed by atoms with Crippen molar-refractivity contribution in [1.29, 1.82) is 5.26 Å². The van der Waals surface area contributed by atoms with Crippen LogP contribution in [-0.4, -0.2) is 48.8 Å². The molecular weight excluding hydrogens is 334 g/mol. The standard InChI is InChI=1S/C19H25N3O4/c1-25-15-5-6-16(26-2)18-13(15)9-22(10-14(18)23)11-17(24)21-19(12-20)7-3-4-8-19/h5-6,14,23H,3-4,7-11H2,1-2H3,(H,21,24)/t14-/m0/s1. The van der Waals surface area contributed by atoms with Crippen LogP contribution < -0.4 is 14.8 Å². The van der Waals surface area contributed by atoms with Gasteiger partial charge in [-0.25, -0.2) is 0 Å². The van der Waals surface area contributed by atoms with E-state index < -0.39 is 11.6 Å². The van der Waals surface area contributed by atoms with Gasteiger partial charge in [0.1, 0.15) is 17.0 Å². The van der Waals surface area contributed by atoms with E-state index in [-0.39, 0.29) is 12.5 Å². The number of amides is 1. The van der Waals surface area contributed by atoms with E-state index in [1.807, 2.05) is 4.90 Å². The largest absolute Gasteiger partial charge is 0.496 e. The van der Waals surface area contributed by atoms with Crippen molar-refractivity contribution in [2.75, 3.05) is 27.3 Å². The lowest BCUT2D eigenvalue weighted by Gasteiger charge is -2.34. The van der Waals surface area contributed by atoms with Crippen LogP contribution >= 0.6 is 0 Å². The molecule has 140 valence electrons. The van der Waals surface area contributed by atoms with Crippen LogP contribution in [0, 0.1) is 11.3 Å². The first kappa shape index (κ1) is 18.5. The van der Waals surface area contributed by atoms with Crippen LogP contribution in [0.1, 0.15) is 42.9 Å². The summed E-state index contributed by atoms with van der Waals surface area (Å²) in [6.07, 6.45) is 2.55. The Kier molecular flexibility index (Phi) is 5.35. The topological polar surface area (TPSA) is 94.8 Å². The van der Waals surface area contributed by atoms with Crippen molar-refractivity contribution in [2.24, 2.45) is 0 Å². The highest BCUT2D eigenvalue weighted by molar-refractivity contribution is 5.79. The monoisotopic (exact) mass is 359 g/mol. The van der Waals surface area contributed by atoms with Crippen molar-refractivity contribution in [2.45, 2.75) is 43.9 Å². The van der Waals surface area contributed by atoms with Gasteiger partial charge in [0.05, 0.1) is 32.9 Å². The third kappa shape index (κ3) is 3.48. The molecule has 1 heterocycles. The molecule has 1 fully saturated rings. The van der Waals surface area contributed by atoms with Gasteiger partial charge in [-0.15, -0.1) is 0 Å². The Bertz CT molecular complexity index is 722. The van der Waals surface area contributed by atoms with Gasteiger partial charge >= 0.3 is 0 Å². The minimum Gasteiger partial charge on any atom is -0.496 e. The minimum absolute atomic E-state index is 0.125. The van der Waals surface area contributed by atoms with Crippen molar-refractivity contribution in [3.05, 3.63) is 23.3 Å². The number of fused-ring (bicyclic) bond motifs is 1. The number of hydrogen-bond acceptors (Lipinski definition) is 6. The third-order valence-corrected chi connectivity index (χ3v) is 5.28. The molecule has 1 aromatic carbocycles. The predicted molar refractivity (Wildman–Crippen MR) is 94.7 cm³/mol. The van der Waals surface area contributed by atoms with E-state index in [0.29, 0.717) is 43.0 Å². The van der Waals surface area contributed by atoms with Crippen LogP contribution in [0.5, 0.6) is 11.5 Å². The highest BCUT2D eigenvalue weighted by Gasteiger charge is 2.36. The average Bonchev–Trinajstić information content (AvgIpc) is 3.09. The number of aliphatic hydroxyl groups is 1. The summed E-state index contributed by atoms with van der Waals surface area (Å²) in [4.78, 5) is 14.4. The third-order valence-electron chi connectivity index (χ3n) is 5.28. The number of aliphatic hydroxyl groups excluding tert-OH is 1. The molecule has 1 amide bonds. The number of carbonyl (C=O) groups excluding carboxylic acids is 1. The fourth-order valence-corrected chi connectivity index (χ4v) is 4.02. The molecule has 2 aliphatic rings. The Morgan fingerprint density at radius 3 is 2.62 bits per heavy atom. The van der Waals surface area contributed by atoms with E-state index in [9.17, 15) is 15.2 Å². The normalized spacial score (nSPS) is 21.5. The Morgan fingerprint density at radius 2 is 2.00 bits per heavy atom. The Morgan fingerprint density at radius 1 is 1.35 bits per heavy atom. The summed E-state index contributed by atoms with van der Waals surface area (Å²) in [5, 5.41) is 22.9. The van der Waals surface area contributed by atoms with Crippen LogP contribution in [0.2, 0.25) is 0 Å². The fraction of sp³-hybridized carbons (Fsp3) is 0.579. The number of carbonyl (C=O) groups is 1. The molecule has 1 aliphatic heterocycles. The summed E-state index contributed by atoms with van der Waals surface area (Å²) < 4.78 is 10.8.